The third-order valence-electron chi connectivity index (χ3n) is 3.92. The Hall–Kier alpha value is -2.71. The highest BCUT2D eigenvalue weighted by Gasteiger charge is 2.21. The van der Waals surface area contributed by atoms with Gasteiger partial charge in [-0.3, -0.25) is 24.7 Å². The molecule has 8 nitrogen and oxygen atoms in total. The minimum absolute atomic E-state index is 0.0544. The standard InChI is InChI=1S/C18H25N5O3/c1-2-8-19-18(26)21-17(25)14-23-11-9-22(10-12-23)13-16(24)20-15-6-4-3-5-7-15/h2-7H,1,8-14H2,(H,20,24)(H2,19,21,25,26). The predicted octanol–water partition coefficient (Wildman–Crippen LogP) is 0.255. The number of urea groups is 1. The van der Waals surface area contributed by atoms with Gasteiger partial charge in [0.1, 0.15) is 0 Å². The molecule has 0 atom stereocenters. The number of amides is 4. The van der Waals surface area contributed by atoms with Crippen molar-refractivity contribution in [1.29, 1.82) is 0 Å². The number of rotatable bonds is 7. The molecule has 1 fully saturated rings. The van der Waals surface area contributed by atoms with E-state index in [-0.39, 0.29) is 18.4 Å². The Morgan fingerprint density at radius 2 is 1.54 bits per heavy atom. The van der Waals surface area contributed by atoms with Gasteiger partial charge in [-0.15, -0.1) is 6.58 Å². The minimum Gasteiger partial charge on any atom is -0.334 e. The van der Waals surface area contributed by atoms with Crippen LogP contribution < -0.4 is 16.0 Å². The van der Waals surface area contributed by atoms with Crippen molar-refractivity contribution >= 4 is 23.5 Å². The van der Waals surface area contributed by atoms with Crippen LogP contribution >= 0.6 is 0 Å². The molecule has 0 bridgehead atoms. The van der Waals surface area contributed by atoms with E-state index in [0.29, 0.717) is 39.3 Å². The van der Waals surface area contributed by atoms with Crippen LogP contribution in [-0.2, 0) is 9.59 Å². The van der Waals surface area contributed by atoms with E-state index in [0.717, 1.165) is 5.69 Å². The number of imide groups is 1. The second-order valence-electron chi connectivity index (χ2n) is 6.01. The van der Waals surface area contributed by atoms with Crippen LogP contribution in [0.1, 0.15) is 0 Å². The molecule has 4 amide bonds. The Morgan fingerprint density at radius 1 is 0.962 bits per heavy atom. The van der Waals surface area contributed by atoms with Gasteiger partial charge in [-0.2, -0.15) is 0 Å². The van der Waals surface area contributed by atoms with Gasteiger partial charge < -0.3 is 10.6 Å². The zero-order chi connectivity index (χ0) is 18.8. The van der Waals surface area contributed by atoms with Gasteiger partial charge in [0.2, 0.25) is 11.8 Å². The first-order valence-electron chi connectivity index (χ1n) is 8.55. The Morgan fingerprint density at radius 3 is 2.12 bits per heavy atom. The fraction of sp³-hybridized carbons (Fsp3) is 0.389. The molecule has 0 unspecified atom stereocenters. The lowest BCUT2D eigenvalue weighted by atomic mass is 10.3. The molecule has 3 N–H and O–H groups in total. The summed E-state index contributed by atoms with van der Waals surface area (Å²) in [6, 6.07) is 8.81. The molecule has 1 saturated heterocycles. The van der Waals surface area contributed by atoms with E-state index in [2.05, 4.69) is 22.5 Å². The maximum Gasteiger partial charge on any atom is 0.321 e. The minimum atomic E-state index is -0.522. The van der Waals surface area contributed by atoms with Crippen molar-refractivity contribution in [2.75, 3.05) is 51.1 Å². The fourth-order valence-corrected chi connectivity index (χ4v) is 2.61. The van der Waals surface area contributed by atoms with Gasteiger partial charge in [-0.05, 0) is 12.1 Å². The summed E-state index contributed by atoms with van der Waals surface area (Å²) in [5, 5.41) is 7.63. The van der Waals surface area contributed by atoms with Crippen LogP contribution in [0.25, 0.3) is 0 Å². The second-order valence-corrected chi connectivity index (χ2v) is 6.01. The van der Waals surface area contributed by atoms with Crippen molar-refractivity contribution < 1.29 is 14.4 Å². The van der Waals surface area contributed by atoms with Crippen molar-refractivity contribution in [2.24, 2.45) is 0 Å². The summed E-state index contributed by atoms with van der Waals surface area (Å²) in [6.45, 7) is 6.99. The average molecular weight is 359 g/mol. The topological polar surface area (TPSA) is 93.8 Å². The molecule has 0 spiro atoms. The molecule has 0 saturated carbocycles. The highest BCUT2D eigenvalue weighted by molar-refractivity contribution is 5.95. The Bertz CT molecular complexity index is 627. The maximum atomic E-state index is 12.1. The van der Waals surface area contributed by atoms with Crippen molar-refractivity contribution in [3.63, 3.8) is 0 Å². The van der Waals surface area contributed by atoms with Crippen LogP contribution in [-0.4, -0.2) is 73.5 Å². The summed E-state index contributed by atoms with van der Waals surface area (Å²) in [6.07, 6.45) is 1.54. The zero-order valence-electron chi connectivity index (χ0n) is 14.7. The van der Waals surface area contributed by atoms with Crippen LogP contribution in [0.3, 0.4) is 0 Å². The third kappa shape index (κ3) is 7.04. The van der Waals surface area contributed by atoms with E-state index in [1.165, 1.54) is 6.08 Å². The van der Waals surface area contributed by atoms with Gasteiger partial charge in [0.05, 0.1) is 13.1 Å². The number of hydrogen-bond acceptors (Lipinski definition) is 5. The van der Waals surface area contributed by atoms with E-state index < -0.39 is 6.03 Å². The molecule has 0 radical (unpaired) electrons. The Kier molecular flexibility index (Phi) is 7.78. The van der Waals surface area contributed by atoms with Gasteiger partial charge in [0.25, 0.3) is 0 Å². The molecule has 1 aliphatic rings. The number of benzene rings is 1. The second kappa shape index (κ2) is 10.3. The zero-order valence-corrected chi connectivity index (χ0v) is 14.7. The van der Waals surface area contributed by atoms with Crippen LogP contribution in [0.15, 0.2) is 43.0 Å². The first-order valence-corrected chi connectivity index (χ1v) is 8.55. The highest BCUT2D eigenvalue weighted by atomic mass is 16.2. The number of anilines is 1. The van der Waals surface area contributed by atoms with E-state index in [1.54, 1.807) is 0 Å². The number of piperazine rings is 1. The van der Waals surface area contributed by atoms with E-state index in [4.69, 9.17) is 0 Å². The smallest absolute Gasteiger partial charge is 0.321 e. The molecule has 2 rings (SSSR count). The van der Waals surface area contributed by atoms with Crippen molar-refractivity contribution in [3.8, 4) is 0 Å². The quantitative estimate of drug-likeness (QED) is 0.607. The number of hydrogen-bond donors (Lipinski definition) is 3. The largest absolute Gasteiger partial charge is 0.334 e. The highest BCUT2D eigenvalue weighted by Crippen LogP contribution is 2.06. The molecular formula is C18H25N5O3. The Balaban J connectivity index is 1.65. The maximum absolute atomic E-state index is 12.1. The predicted molar refractivity (Wildman–Crippen MR) is 99.7 cm³/mol. The van der Waals surface area contributed by atoms with Crippen LogP contribution in [0, 0.1) is 0 Å². The lowest BCUT2D eigenvalue weighted by Gasteiger charge is -2.33. The van der Waals surface area contributed by atoms with E-state index in [9.17, 15) is 14.4 Å². The monoisotopic (exact) mass is 359 g/mol. The molecule has 1 aromatic carbocycles. The summed E-state index contributed by atoms with van der Waals surface area (Å²) in [5.74, 6) is -0.400. The van der Waals surface area contributed by atoms with Gasteiger partial charge in [-0.25, -0.2) is 4.79 Å². The molecule has 1 heterocycles. The van der Waals surface area contributed by atoms with Crippen molar-refractivity contribution in [2.45, 2.75) is 0 Å². The lowest BCUT2D eigenvalue weighted by Crippen LogP contribution is -2.52. The summed E-state index contributed by atoms with van der Waals surface area (Å²) in [5.41, 5.74) is 0.780. The van der Waals surface area contributed by atoms with Gasteiger partial charge in [0, 0.05) is 38.4 Å². The van der Waals surface area contributed by atoms with Crippen LogP contribution in [0.5, 0.6) is 0 Å². The molecule has 140 valence electrons. The number of para-hydroxylation sites is 1. The van der Waals surface area contributed by atoms with Gasteiger partial charge in [0.15, 0.2) is 0 Å². The van der Waals surface area contributed by atoms with E-state index >= 15 is 0 Å². The van der Waals surface area contributed by atoms with Gasteiger partial charge in [-0.1, -0.05) is 24.3 Å². The average Bonchev–Trinajstić information content (AvgIpc) is 2.62. The number of carbonyl (C=O) groups is 3. The van der Waals surface area contributed by atoms with Gasteiger partial charge >= 0.3 is 6.03 Å². The van der Waals surface area contributed by atoms with Crippen molar-refractivity contribution in [3.05, 3.63) is 43.0 Å². The first-order chi connectivity index (χ1) is 12.6. The number of nitrogens with zero attached hydrogens (tertiary/aromatic N) is 2. The normalized spacial score (nSPS) is 15.1. The summed E-state index contributed by atoms with van der Waals surface area (Å²) < 4.78 is 0. The number of carbonyl (C=O) groups excluding carboxylic acids is 3. The van der Waals surface area contributed by atoms with Crippen molar-refractivity contribution in [1.82, 2.24) is 20.4 Å². The summed E-state index contributed by atoms with van der Waals surface area (Å²) >= 11 is 0. The Labute approximate surface area is 153 Å². The lowest BCUT2D eigenvalue weighted by molar-refractivity contribution is -0.122. The van der Waals surface area contributed by atoms with Crippen LogP contribution in [0.4, 0.5) is 10.5 Å². The molecular weight excluding hydrogens is 334 g/mol. The SMILES string of the molecule is C=CCNC(=O)NC(=O)CN1CCN(CC(=O)Nc2ccccc2)CC1. The molecule has 26 heavy (non-hydrogen) atoms. The molecule has 0 aliphatic carbocycles. The molecule has 1 aromatic rings. The molecule has 8 heteroatoms. The summed E-state index contributed by atoms with van der Waals surface area (Å²) in [4.78, 5) is 39.3. The summed E-state index contributed by atoms with van der Waals surface area (Å²) in [7, 11) is 0. The van der Waals surface area contributed by atoms with Crippen LogP contribution in [0.2, 0.25) is 0 Å². The fourth-order valence-electron chi connectivity index (χ4n) is 2.61. The molecule has 1 aliphatic heterocycles. The first kappa shape index (κ1) is 19.6. The van der Waals surface area contributed by atoms with E-state index in [1.807, 2.05) is 40.1 Å². The number of nitrogens with one attached hydrogen (secondary N) is 3. The third-order valence-corrected chi connectivity index (χ3v) is 3.92. The molecule has 0 aromatic heterocycles.